The van der Waals surface area contributed by atoms with Crippen LogP contribution in [0.2, 0.25) is 0 Å². The number of anilines is 1. The zero-order valence-corrected chi connectivity index (χ0v) is 14.9. The maximum absolute atomic E-state index is 11.8. The van der Waals surface area contributed by atoms with Crippen LogP contribution in [0.5, 0.6) is 0 Å². The van der Waals surface area contributed by atoms with Gasteiger partial charge in [-0.15, -0.1) is 4.68 Å². The first-order chi connectivity index (χ1) is 12.6. The Bertz CT molecular complexity index is 951. The van der Waals surface area contributed by atoms with E-state index in [0.29, 0.717) is 12.4 Å². The molecule has 3 aromatic heterocycles. The van der Waals surface area contributed by atoms with Crippen LogP contribution in [0.25, 0.3) is 16.8 Å². The number of aryl methyl sites for hydroxylation is 1. The number of carbonyl (C=O) groups excluding carboxylic acids is 1. The minimum absolute atomic E-state index is 0.0322. The first-order valence-corrected chi connectivity index (χ1v) is 8.70. The van der Waals surface area contributed by atoms with Crippen molar-refractivity contribution < 1.29 is 9.48 Å². The molecule has 9 heteroatoms. The fraction of sp³-hybridized carbons (Fsp3) is 0.412. The molecule has 0 saturated carbocycles. The number of likely N-dealkylation sites (N-methyl/N-ethyl adjacent to an activating group) is 1. The van der Waals surface area contributed by atoms with Gasteiger partial charge in [0.05, 0.1) is 35.3 Å². The van der Waals surface area contributed by atoms with E-state index in [1.807, 2.05) is 30.2 Å². The minimum Gasteiger partial charge on any atom is -0.384 e. The number of nitrogens with two attached hydrogens (primary N) is 1. The van der Waals surface area contributed by atoms with E-state index in [4.69, 9.17) is 10.7 Å². The van der Waals surface area contributed by atoms with Crippen LogP contribution in [0, 0.1) is 0 Å². The molecule has 4 heterocycles. The topological polar surface area (TPSA) is 117 Å². The van der Waals surface area contributed by atoms with Crippen molar-refractivity contribution >= 4 is 17.4 Å². The van der Waals surface area contributed by atoms with Gasteiger partial charge in [0.15, 0.2) is 12.7 Å². The van der Waals surface area contributed by atoms with Crippen LogP contribution in [-0.2, 0) is 11.8 Å². The molecule has 1 fully saturated rings. The second-order valence-corrected chi connectivity index (χ2v) is 6.72. The minimum atomic E-state index is -0.136. The highest BCUT2D eigenvalue weighted by atomic mass is 16.2. The van der Waals surface area contributed by atoms with Crippen molar-refractivity contribution in [2.45, 2.75) is 24.8 Å². The zero-order chi connectivity index (χ0) is 18.3. The summed E-state index contributed by atoms with van der Waals surface area (Å²) in [7, 11) is 3.59. The molecule has 0 bridgehead atoms. The number of carbonyl (C=O) groups is 1. The molecule has 1 amide bonds. The molecule has 0 unspecified atom stereocenters. The number of amides is 1. The molecule has 0 spiro atoms. The van der Waals surface area contributed by atoms with Crippen molar-refractivity contribution in [1.29, 1.82) is 0 Å². The second kappa shape index (κ2) is 6.41. The molecule has 9 nitrogen and oxygen atoms in total. The Morgan fingerprint density at radius 1 is 1.46 bits per heavy atom. The summed E-state index contributed by atoms with van der Waals surface area (Å²) in [6.07, 6.45) is 7.34. The zero-order valence-electron chi connectivity index (χ0n) is 14.9. The lowest BCUT2D eigenvalue weighted by Crippen LogP contribution is -2.47. The van der Waals surface area contributed by atoms with Crippen molar-refractivity contribution in [2.24, 2.45) is 7.05 Å². The summed E-state index contributed by atoms with van der Waals surface area (Å²) in [6.45, 7) is 0.698. The van der Waals surface area contributed by atoms with Crippen LogP contribution in [0.4, 0.5) is 5.82 Å². The third-order valence-corrected chi connectivity index (χ3v) is 4.98. The highest BCUT2D eigenvalue weighted by Crippen LogP contribution is 2.29. The molecular weight excluding hydrogens is 332 g/mol. The second-order valence-electron chi connectivity index (χ2n) is 6.72. The number of nitrogens with zero attached hydrogens (tertiary/aromatic N) is 4. The fourth-order valence-electron chi connectivity index (χ4n) is 3.53. The van der Waals surface area contributed by atoms with Crippen molar-refractivity contribution in [3.05, 3.63) is 30.4 Å². The highest BCUT2D eigenvalue weighted by molar-refractivity contribution is 5.81. The lowest BCUT2D eigenvalue weighted by atomic mass is 9.91. The molecule has 0 aliphatic carbocycles. The van der Waals surface area contributed by atoms with Gasteiger partial charge in [-0.2, -0.15) is 14.7 Å². The first kappa shape index (κ1) is 16.5. The van der Waals surface area contributed by atoms with Gasteiger partial charge in [0.2, 0.25) is 12.1 Å². The van der Waals surface area contributed by atoms with Gasteiger partial charge in [-0.05, 0) is 12.8 Å². The summed E-state index contributed by atoms with van der Waals surface area (Å²) in [5.74, 6) is 0.808. The first-order valence-electron chi connectivity index (χ1n) is 8.70. The number of fused-ring (bicyclic) bond motifs is 1. The lowest BCUT2D eigenvalue weighted by Gasteiger charge is -2.28. The van der Waals surface area contributed by atoms with Gasteiger partial charge in [-0.3, -0.25) is 4.79 Å². The van der Waals surface area contributed by atoms with Crippen LogP contribution in [-0.4, -0.2) is 45.2 Å². The number of piperidine rings is 1. The van der Waals surface area contributed by atoms with E-state index in [-0.39, 0.29) is 17.9 Å². The summed E-state index contributed by atoms with van der Waals surface area (Å²) in [5.41, 5.74) is 9.83. The molecule has 0 aromatic carbocycles. The van der Waals surface area contributed by atoms with Crippen LogP contribution < -0.4 is 21.0 Å². The number of rotatable bonds is 3. The monoisotopic (exact) mass is 355 g/mol. The molecule has 3 aromatic rings. The van der Waals surface area contributed by atoms with Crippen molar-refractivity contribution in [3.8, 4) is 11.1 Å². The van der Waals surface area contributed by atoms with Crippen molar-refractivity contribution in [1.82, 2.24) is 30.3 Å². The highest BCUT2D eigenvalue weighted by Gasteiger charge is 2.27. The average molecular weight is 355 g/mol. The molecule has 2 atom stereocenters. The van der Waals surface area contributed by atoms with E-state index in [2.05, 4.69) is 20.8 Å². The number of hydrogen-bond acceptors (Lipinski definition) is 5. The van der Waals surface area contributed by atoms with E-state index >= 15 is 0 Å². The molecule has 0 radical (unpaired) electrons. The van der Waals surface area contributed by atoms with Gasteiger partial charge in [-0.25, -0.2) is 4.98 Å². The molecule has 1 aliphatic heterocycles. The maximum atomic E-state index is 11.8. The smallest absolute Gasteiger partial charge is 0.236 e. The largest absolute Gasteiger partial charge is 0.384 e. The summed E-state index contributed by atoms with van der Waals surface area (Å²) < 4.78 is 3.53. The molecule has 1 aliphatic rings. The van der Waals surface area contributed by atoms with Crippen molar-refractivity contribution in [3.63, 3.8) is 0 Å². The van der Waals surface area contributed by atoms with Gasteiger partial charge < -0.3 is 16.4 Å². The van der Waals surface area contributed by atoms with E-state index in [1.165, 1.54) is 0 Å². The third-order valence-electron chi connectivity index (χ3n) is 4.98. The van der Waals surface area contributed by atoms with Gasteiger partial charge >= 0.3 is 0 Å². The van der Waals surface area contributed by atoms with E-state index in [0.717, 1.165) is 35.3 Å². The Morgan fingerprint density at radius 2 is 2.31 bits per heavy atom. The summed E-state index contributed by atoms with van der Waals surface area (Å²) >= 11 is 0. The Hall–Kier alpha value is -2.94. The Morgan fingerprint density at radius 3 is 2.96 bits per heavy atom. The van der Waals surface area contributed by atoms with Gasteiger partial charge in [0.25, 0.3) is 0 Å². The van der Waals surface area contributed by atoms with Crippen LogP contribution in [0.1, 0.15) is 24.5 Å². The van der Waals surface area contributed by atoms with Crippen LogP contribution in [0.15, 0.2) is 24.7 Å². The number of aromatic amines is 1. The molecular formula is C17H23N8O+. The molecule has 1 saturated heterocycles. The Kier molecular flexibility index (Phi) is 4.08. The maximum Gasteiger partial charge on any atom is 0.236 e. The molecule has 136 valence electrons. The average Bonchev–Trinajstić information content (AvgIpc) is 3.27. The molecule has 26 heavy (non-hydrogen) atoms. The summed E-state index contributed by atoms with van der Waals surface area (Å²) in [5, 5.41) is 13.5. The van der Waals surface area contributed by atoms with Crippen LogP contribution in [0.3, 0.4) is 0 Å². The fourth-order valence-corrected chi connectivity index (χ4v) is 3.53. The third kappa shape index (κ3) is 2.80. The number of hydrogen-bond donors (Lipinski definition) is 4. The standard InChI is InChI=1S/C17H22N8O/c1-19-17(26)13-4-3-10(6-20-13)14-5-15(18)25-16(23-14)12(8-22-25)11-7-21-24(2)9-11/h5,7-10,13,20H,3-4,6H2,1-2H3,(H3,18,19,22,23,26)/p+1/t10-,13-/m0/s1. The Balaban J connectivity index is 1.66. The van der Waals surface area contributed by atoms with E-state index in [9.17, 15) is 4.79 Å². The number of nitrogens with one attached hydrogen (secondary N) is 3. The van der Waals surface area contributed by atoms with E-state index < -0.39 is 0 Å². The van der Waals surface area contributed by atoms with Gasteiger partial charge in [0, 0.05) is 25.6 Å². The Labute approximate surface area is 150 Å². The number of aromatic nitrogens is 5. The number of H-pyrrole nitrogens is 1. The lowest BCUT2D eigenvalue weighted by molar-refractivity contribution is -0.726. The number of nitrogen functional groups attached to an aromatic ring is 1. The summed E-state index contributed by atoms with van der Waals surface area (Å²) in [4.78, 5) is 16.6. The summed E-state index contributed by atoms with van der Waals surface area (Å²) in [6, 6.07) is 1.75. The van der Waals surface area contributed by atoms with Crippen molar-refractivity contribution in [2.75, 3.05) is 19.3 Å². The van der Waals surface area contributed by atoms with Gasteiger partial charge in [0.1, 0.15) is 5.82 Å². The molecule has 5 N–H and O–H groups in total. The predicted molar refractivity (Wildman–Crippen MR) is 96.2 cm³/mol. The van der Waals surface area contributed by atoms with Gasteiger partial charge in [-0.1, -0.05) is 0 Å². The molecule has 4 rings (SSSR count). The SMILES string of the molecule is CNC(=O)[C@@H]1CC[C@H](c2cc(N)n3ncc(-c4c[nH][n+](C)c4)c3n2)CN1. The van der Waals surface area contributed by atoms with Crippen LogP contribution >= 0.6 is 0 Å². The predicted octanol–water partition coefficient (Wildman–Crippen LogP) is -0.287. The normalized spacial score (nSPS) is 20.4. The van der Waals surface area contributed by atoms with E-state index in [1.54, 1.807) is 17.8 Å². The quantitative estimate of drug-likeness (QED) is 0.482.